The Morgan fingerprint density at radius 2 is 2.09 bits per heavy atom. The van der Waals surface area contributed by atoms with Gasteiger partial charge in [0.25, 0.3) is 0 Å². The maximum Gasteiger partial charge on any atom is 0.237 e. The average molecular weight is 491 g/mol. The Labute approximate surface area is 205 Å². The molecule has 2 atom stereocenters. The molecule has 2 heterocycles. The van der Waals surface area contributed by atoms with Crippen molar-refractivity contribution in [3.63, 3.8) is 0 Å². The van der Waals surface area contributed by atoms with Gasteiger partial charge in [0.1, 0.15) is 18.2 Å². The molecular weight excluding hydrogens is 455 g/mol. The molecule has 34 heavy (non-hydrogen) atoms. The largest absolute Gasteiger partial charge is 0.491 e. The van der Waals surface area contributed by atoms with Crippen molar-refractivity contribution in [2.75, 3.05) is 46.0 Å². The van der Waals surface area contributed by atoms with E-state index in [9.17, 15) is 14.3 Å². The Bertz CT molecular complexity index is 918. The van der Waals surface area contributed by atoms with Gasteiger partial charge in [0, 0.05) is 31.1 Å². The van der Waals surface area contributed by atoms with Gasteiger partial charge in [-0.05, 0) is 53.6 Å². The summed E-state index contributed by atoms with van der Waals surface area (Å²) in [4.78, 5) is 18.4. The smallest absolute Gasteiger partial charge is 0.237 e. The van der Waals surface area contributed by atoms with E-state index in [1.807, 2.05) is 15.2 Å². The van der Waals surface area contributed by atoms with E-state index in [4.69, 9.17) is 9.47 Å². The van der Waals surface area contributed by atoms with E-state index in [1.165, 1.54) is 17.0 Å². The second-order valence-electron chi connectivity index (χ2n) is 8.98. The molecule has 1 aromatic heterocycles. The molecule has 0 saturated heterocycles. The third kappa shape index (κ3) is 7.63. The molecule has 1 aliphatic heterocycles. The van der Waals surface area contributed by atoms with Crippen LogP contribution >= 0.6 is 11.3 Å². The van der Waals surface area contributed by atoms with Gasteiger partial charge in [0.05, 0.1) is 25.3 Å². The highest BCUT2D eigenvalue weighted by Gasteiger charge is 2.33. The second-order valence-corrected chi connectivity index (χ2v) is 9.99. The van der Waals surface area contributed by atoms with Gasteiger partial charge in [-0.1, -0.05) is 19.9 Å². The summed E-state index contributed by atoms with van der Waals surface area (Å²) in [7, 11) is 0. The van der Waals surface area contributed by atoms with E-state index >= 15 is 0 Å². The molecule has 8 heteroatoms. The zero-order valence-corrected chi connectivity index (χ0v) is 20.8. The number of hydrogen-bond acceptors (Lipinski definition) is 6. The number of hydrogen-bond donors (Lipinski definition) is 1. The number of carbonyl (C=O) groups is 1. The summed E-state index contributed by atoms with van der Waals surface area (Å²) in [5.74, 6) is 0.616. The Morgan fingerprint density at radius 3 is 2.79 bits per heavy atom. The molecule has 0 fully saturated rings. The van der Waals surface area contributed by atoms with Gasteiger partial charge in [0.15, 0.2) is 0 Å². The van der Waals surface area contributed by atoms with Gasteiger partial charge in [-0.15, -0.1) is 17.9 Å². The molecule has 186 valence electrons. The topological polar surface area (TPSA) is 62.2 Å². The molecule has 0 radical (unpaired) electrons. The standard InChI is InChI=1S/C26H35FN2O4S/c1-4-11-28(14-21(30)17-32-16-19(2)3)15-26(31)29-12-9-25-23(10-13-34-25)24(29)18-33-22-7-5-20(27)6-8-22/h4-8,10,13,19,21,24,30H,1,9,11-12,14-18H2,2-3H3/t21-,24-/m1/s1. The SMILES string of the molecule is C=CCN(CC(=O)N1CCc2sccc2[C@H]1COc1ccc(F)cc1)C[C@@H](O)COCC(C)C. The quantitative estimate of drug-likeness (QED) is 0.432. The maximum atomic E-state index is 13.4. The molecule has 0 aliphatic carbocycles. The molecule has 2 aromatic rings. The number of nitrogens with zero attached hydrogens (tertiary/aromatic N) is 2. The summed E-state index contributed by atoms with van der Waals surface area (Å²) in [6.45, 7) is 10.6. The maximum absolute atomic E-state index is 13.4. The van der Waals surface area contributed by atoms with Crippen LogP contribution in [0.15, 0.2) is 48.4 Å². The first kappa shape index (κ1) is 26.3. The number of rotatable bonds is 13. The van der Waals surface area contributed by atoms with Gasteiger partial charge in [-0.25, -0.2) is 4.39 Å². The first-order chi connectivity index (χ1) is 16.4. The molecule has 1 N–H and O–H groups in total. The summed E-state index contributed by atoms with van der Waals surface area (Å²) in [6, 6.07) is 7.73. The summed E-state index contributed by atoms with van der Waals surface area (Å²) in [6.07, 6.45) is 1.85. The number of benzene rings is 1. The van der Waals surface area contributed by atoms with Crippen molar-refractivity contribution in [1.29, 1.82) is 0 Å². The molecule has 1 amide bonds. The third-order valence-electron chi connectivity index (χ3n) is 5.61. The number of halogens is 1. The Hall–Kier alpha value is -2.26. The number of aliphatic hydroxyl groups excluding tert-OH is 1. The number of thiophene rings is 1. The lowest BCUT2D eigenvalue weighted by molar-refractivity contribution is -0.136. The lowest BCUT2D eigenvalue weighted by atomic mass is 10.0. The molecule has 0 unspecified atom stereocenters. The van der Waals surface area contributed by atoms with Crippen LogP contribution < -0.4 is 4.74 Å². The highest BCUT2D eigenvalue weighted by atomic mass is 32.1. The Morgan fingerprint density at radius 1 is 1.32 bits per heavy atom. The van der Waals surface area contributed by atoms with Gasteiger partial charge >= 0.3 is 0 Å². The Kier molecular flexibility index (Phi) is 10.1. The van der Waals surface area contributed by atoms with Crippen molar-refractivity contribution >= 4 is 17.2 Å². The van der Waals surface area contributed by atoms with Crippen molar-refractivity contribution in [3.8, 4) is 5.75 Å². The number of ether oxygens (including phenoxy) is 2. The zero-order valence-electron chi connectivity index (χ0n) is 20.0. The van der Waals surface area contributed by atoms with Crippen LogP contribution in [-0.4, -0.2) is 72.9 Å². The Balaban J connectivity index is 1.64. The predicted octanol–water partition coefficient (Wildman–Crippen LogP) is 3.91. The van der Waals surface area contributed by atoms with Crippen LogP contribution in [0.5, 0.6) is 5.75 Å². The number of amides is 1. The third-order valence-corrected chi connectivity index (χ3v) is 6.61. The molecule has 1 aliphatic rings. The fourth-order valence-electron chi connectivity index (χ4n) is 4.04. The molecular formula is C26H35FN2O4S. The van der Waals surface area contributed by atoms with Crippen LogP contribution in [0, 0.1) is 11.7 Å². The zero-order chi connectivity index (χ0) is 24.5. The van der Waals surface area contributed by atoms with Crippen molar-refractivity contribution in [2.24, 2.45) is 5.92 Å². The molecule has 3 rings (SSSR count). The van der Waals surface area contributed by atoms with Crippen LogP contribution in [-0.2, 0) is 16.0 Å². The average Bonchev–Trinajstić information content (AvgIpc) is 3.27. The number of aliphatic hydroxyl groups is 1. The highest BCUT2D eigenvalue weighted by Crippen LogP contribution is 2.34. The van der Waals surface area contributed by atoms with Crippen LogP contribution in [0.2, 0.25) is 0 Å². The van der Waals surface area contributed by atoms with Crippen molar-refractivity contribution in [1.82, 2.24) is 9.80 Å². The van der Waals surface area contributed by atoms with Crippen LogP contribution in [0.4, 0.5) is 4.39 Å². The van der Waals surface area contributed by atoms with Gasteiger partial charge < -0.3 is 19.5 Å². The van der Waals surface area contributed by atoms with Crippen molar-refractivity contribution < 1.29 is 23.8 Å². The predicted molar refractivity (Wildman–Crippen MR) is 133 cm³/mol. The van der Waals surface area contributed by atoms with Crippen molar-refractivity contribution in [2.45, 2.75) is 32.4 Å². The van der Waals surface area contributed by atoms with E-state index in [0.717, 1.165) is 12.0 Å². The lowest BCUT2D eigenvalue weighted by Gasteiger charge is -2.37. The summed E-state index contributed by atoms with van der Waals surface area (Å²) in [5.41, 5.74) is 1.10. The fourth-order valence-corrected chi connectivity index (χ4v) is 4.97. The van der Waals surface area contributed by atoms with Crippen LogP contribution in [0.25, 0.3) is 0 Å². The van der Waals surface area contributed by atoms with E-state index in [0.29, 0.717) is 37.9 Å². The first-order valence-corrected chi connectivity index (χ1v) is 12.6. The van der Waals surface area contributed by atoms with Crippen LogP contribution in [0.1, 0.15) is 30.3 Å². The van der Waals surface area contributed by atoms with Gasteiger partial charge in [-0.2, -0.15) is 0 Å². The lowest BCUT2D eigenvalue weighted by Crippen LogP contribution is -2.48. The van der Waals surface area contributed by atoms with Crippen LogP contribution in [0.3, 0.4) is 0 Å². The molecule has 6 nitrogen and oxygen atoms in total. The summed E-state index contributed by atoms with van der Waals surface area (Å²) in [5, 5.41) is 12.4. The minimum atomic E-state index is -0.686. The first-order valence-electron chi connectivity index (χ1n) is 11.7. The summed E-state index contributed by atoms with van der Waals surface area (Å²) >= 11 is 1.69. The van der Waals surface area contributed by atoms with E-state index < -0.39 is 6.10 Å². The van der Waals surface area contributed by atoms with E-state index in [1.54, 1.807) is 29.5 Å². The minimum Gasteiger partial charge on any atom is -0.491 e. The number of fused-ring (bicyclic) bond motifs is 1. The monoisotopic (exact) mass is 490 g/mol. The minimum absolute atomic E-state index is 0.0262. The molecule has 1 aromatic carbocycles. The fraction of sp³-hybridized carbons (Fsp3) is 0.500. The van der Waals surface area contributed by atoms with Gasteiger partial charge in [0.2, 0.25) is 5.91 Å². The van der Waals surface area contributed by atoms with Crippen molar-refractivity contribution in [3.05, 3.63) is 64.6 Å². The van der Waals surface area contributed by atoms with E-state index in [2.05, 4.69) is 26.5 Å². The summed E-state index contributed by atoms with van der Waals surface area (Å²) < 4.78 is 24.7. The molecule has 0 spiro atoms. The second kappa shape index (κ2) is 13.0. The molecule has 0 saturated carbocycles. The molecule has 0 bridgehead atoms. The highest BCUT2D eigenvalue weighted by molar-refractivity contribution is 7.10. The van der Waals surface area contributed by atoms with Gasteiger partial charge in [-0.3, -0.25) is 9.69 Å². The van der Waals surface area contributed by atoms with E-state index in [-0.39, 0.29) is 37.5 Å². The number of carbonyl (C=O) groups excluding carboxylic acids is 1. The normalized spacial score (nSPS) is 16.5.